The monoisotopic (exact) mass is 380 g/mol. The molecule has 0 heterocycles. The Balaban J connectivity index is 1.91. The van der Waals surface area contributed by atoms with Crippen molar-refractivity contribution in [3.63, 3.8) is 0 Å². The Labute approximate surface area is 152 Å². The number of benzene rings is 2. The van der Waals surface area contributed by atoms with Crippen molar-refractivity contribution in [3.8, 4) is 11.5 Å². The number of hydrogen-bond donors (Lipinski definition) is 1. The summed E-state index contributed by atoms with van der Waals surface area (Å²) in [5.74, 6) is 0.945. The van der Waals surface area contributed by atoms with Gasteiger partial charge in [0.2, 0.25) is 10.0 Å². The fourth-order valence-corrected chi connectivity index (χ4v) is 3.64. The van der Waals surface area contributed by atoms with Crippen LogP contribution in [0.3, 0.4) is 0 Å². The Hall–Kier alpha value is -2.65. The molecule has 2 rings (SSSR count). The molecule has 140 valence electrons. The van der Waals surface area contributed by atoms with Crippen LogP contribution in [0.15, 0.2) is 48.5 Å². The van der Waals surface area contributed by atoms with Crippen LogP contribution in [-0.4, -0.2) is 33.1 Å². The first kappa shape index (κ1) is 19.7. The number of sulfonamides is 1. The van der Waals surface area contributed by atoms with E-state index in [0.717, 1.165) is 0 Å². The van der Waals surface area contributed by atoms with Gasteiger partial charge in [0, 0.05) is 12.1 Å². The summed E-state index contributed by atoms with van der Waals surface area (Å²) in [7, 11) is -2.10. The SMILES string of the molecule is COc1ccc(OC[C@@H](C)NS(=O)(=O)Cc2cccc([N+](=O)[O-])c2)cc1. The highest BCUT2D eigenvalue weighted by molar-refractivity contribution is 7.88. The average molecular weight is 380 g/mol. The minimum atomic E-state index is -3.66. The number of nitro benzene ring substituents is 1. The molecule has 0 amide bonds. The van der Waals surface area contributed by atoms with E-state index < -0.39 is 21.0 Å². The number of rotatable bonds is 9. The molecule has 8 nitrogen and oxygen atoms in total. The van der Waals surface area contributed by atoms with E-state index in [1.165, 1.54) is 24.3 Å². The van der Waals surface area contributed by atoms with Gasteiger partial charge in [0.25, 0.3) is 5.69 Å². The minimum absolute atomic E-state index is 0.139. The molecule has 0 aliphatic heterocycles. The summed E-state index contributed by atoms with van der Waals surface area (Å²) in [4.78, 5) is 10.2. The first-order valence-corrected chi connectivity index (χ1v) is 9.44. The van der Waals surface area contributed by atoms with Crippen LogP contribution in [0.1, 0.15) is 12.5 Å². The number of nitro groups is 1. The lowest BCUT2D eigenvalue weighted by atomic mass is 10.2. The fourth-order valence-electron chi connectivity index (χ4n) is 2.25. The van der Waals surface area contributed by atoms with Gasteiger partial charge in [0.1, 0.15) is 18.1 Å². The molecule has 9 heteroatoms. The van der Waals surface area contributed by atoms with E-state index in [-0.39, 0.29) is 18.0 Å². The van der Waals surface area contributed by atoms with Gasteiger partial charge in [-0.25, -0.2) is 13.1 Å². The van der Waals surface area contributed by atoms with E-state index in [9.17, 15) is 18.5 Å². The molecule has 26 heavy (non-hydrogen) atoms. The van der Waals surface area contributed by atoms with Gasteiger partial charge >= 0.3 is 0 Å². The van der Waals surface area contributed by atoms with E-state index in [1.807, 2.05) is 0 Å². The molecule has 1 N–H and O–H groups in total. The quantitative estimate of drug-likeness (QED) is 0.529. The molecule has 0 fully saturated rings. The standard InChI is InChI=1S/C17H20N2O6S/c1-13(11-25-17-8-6-16(24-2)7-9-17)18-26(22,23)12-14-4-3-5-15(10-14)19(20)21/h3-10,13,18H,11-12H2,1-2H3/t13-/m1/s1. The van der Waals surface area contributed by atoms with Gasteiger partial charge in [-0.1, -0.05) is 12.1 Å². The summed E-state index contributed by atoms with van der Waals surface area (Å²) in [6, 6.07) is 12.0. The van der Waals surface area contributed by atoms with Gasteiger partial charge in [0.15, 0.2) is 0 Å². The molecule has 0 aliphatic carbocycles. The summed E-state index contributed by atoms with van der Waals surface area (Å²) in [6.07, 6.45) is 0. The van der Waals surface area contributed by atoms with Crippen molar-refractivity contribution in [2.45, 2.75) is 18.7 Å². The molecule has 2 aromatic rings. The Kier molecular flexibility index (Phi) is 6.53. The van der Waals surface area contributed by atoms with E-state index in [0.29, 0.717) is 17.1 Å². The third kappa shape index (κ3) is 6.01. The molecule has 0 aliphatic rings. The van der Waals surface area contributed by atoms with Crippen molar-refractivity contribution in [2.24, 2.45) is 0 Å². The van der Waals surface area contributed by atoms with Crippen molar-refractivity contribution in [2.75, 3.05) is 13.7 Å². The summed E-state index contributed by atoms with van der Waals surface area (Å²) < 4.78 is 37.6. The van der Waals surface area contributed by atoms with Crippen LogP contribution >= 0.6 is 0 Å². The van der Waals surface area contributed by atoms with Crippen molar-refractivity contribution in [1.82, 2.24) is 4.72 Å². The number of hydrogen-bond acceptors (Lipinski definition) is 6. The molecule has 0 bridgehead atoms. The second kappa shape index (κ2) is 8.63. The Bertz CT molecular complexity index is 852. The van der Waals surface area contributed by atoms with Gasteiger partial charge in [-0.3, -0.25) is 10.1 Å². The third-order valence-electron chi connectivity index (χ3n) is 3.42. The summed E-state index contributed by atoms with van der Waals surface area (Å²) in [5.41, 5.74) is 0.198. The van der Waals surface area contributed by atoms with Crippen molar-refractivity contribution < 1.29 is 22.8 Å². The van der Waals surface area contributed by atoms with Gasteiger partial charge in [-0.15, -0.1) is 0 Å². The van der Waals surface area contributed by atoms with E-state index in [2.05, 4.69) is 4.72 Å². The Morgan fingerprint density at radius 1 is 1.15 bits per heavy atom. The van der Waals surface area contributed by atoms with Crippen LogP contribution < -0.4 is 14.2 Å². The Morgan fingerprint density at radius 2 is 1.81 bits per heavy atom. The highest BCUT2D eigenvalue weighted by atomic mass is 32.2. The molecular formula is C17H20N2O6S. The van der Waals surface area contributed by atoms with Crippen LogP contribution in [-0.2, 0) is 15.8 Å². The molecular weight excluding hydrogens is 360 g/mol. The summed E-state index contributed by atoms with van der Waals surface area (Å²) >= 11 is 0. The molecule has 0 aromatic heterocycles. The molecule has 0 spiro atoms. The second-order valence-corrected chi connectivity index (χ2v) is 7.45. The Morgan fingerprint density at radius 3 is 2.42 bits per heavy atom. The number of nitrogens with one attached hydrogen (secondary N) is 1. The van der Waals surface area contributed by atoms with Crippen LogP contribution in [0.4, 0.5) is 5.69 Å². The van der Waals surface area contributed by atoms with E-state index in [1.54, 1.807) is 38.3 Å². The maximum absolute atomic E-state index is 12.2. The smallest absolute Gasteiger partial charge is 0.269 e. The number of nitrogens with zero attached hydrogens (tertiary/aromatic N) is 1. The molecule has 0 saturated heterocycles. The number of ether oxygens (including phenoxy) is 2. The van der Waals surface area contributed by atoms with Gasteiger partial charge in [-0.05, 0) is 36.8 Å². The van der Waals surface area contributed by atoms with Crippen LogP contribution in [0.5, 0.6) is 11.5 Å². The van der Waals surface area contributed by atoms with Gasteiger partial charge < -0.3 is 9.47 Å². The molecule has 0 radical (unpaired) electrons. The lowest BCUT2D eigenvalue weighted by molar-refractivity contribution is -0.384. The molecule has 0 saturated carbocycles. The fraction of sp³-hybridized carbons (Fsp3) is 0.294. The van der Waals surface area contributed by atoms with Crippen molar-refractivity contribution in [1.29, 1.82) is 0 Å². The molecule has 0 unspecified atom stereocenters. The average Bonchev–Trinajstić information content (AvgIpc) is 2.59. The topological polar surface area (TPSA) is 108 Å². The van der Waals surface area contributed by atoms with Crippen molar-refractivity contribution >= 4 is 15.7 Å². The lowest BCUT2D eigenvalue weighted by Crippen LogP contribution is -2.37. The lowest BCUT2D eigenvalue weighted by Gasteiger charge is -2.15. The van der Waals surface area contributed by atoms with Crippen LogP contribution in [0.25, 0.3) is 0 Å². The largest absolute Gasteiger partial charge is 0.497 e. The maximum atomic E-state index is 12.2. The first-order chi connectivity index (χ1) is 12.3. The van der Waals surface area contributed by atoms with E-state index in [4.69, 9.17) is 9.47 Å². The minimum Gasteiger partial charge on any atom is -0.497 e. The molecule has 1 atom stereocenters. The summed E-state index contributed by atoms with van der Waals surface area (Å²) in [6.45, 7) is 1.81. The zero-order valence-electron chi connectivity index (χ0n) is 14.4. The predicted octanol–water partition coefficient (Wildman–Crippen LogP) is 2.49. The maximum Gasteiger partial charge on any atom is 0.269 e. The normalized spacial score (nSPS) is 12.4. The summed E-state index contributed by atoms with van der Waals surface area (Å²) in [5, 5.41) is 10.8. The first-order valence-electron chi connectivity index (χ1n) is 7.79. The zero-order valence-corrected chi connectivity index (χ0v) is 15.2. The van der Waals surface area contributed by atoms with Crippen LogP contribution in [0, 0.1) is 10.1 Å². The third-order valence-corrected chi connectivity index (χ3v) is 4.89. The highest BCUT2D eigenvalue weighted by Crippen LogP contribution is 2.17. The van der Waals surface area contributed by atoms with E-state index >= 15 is 0 Å². The number of non-ortho nitro benzene ring substituents is 1. The second-order valence-electron chi connectivity index (χ2n) is 5.69. The zero-order chi connectivity index (χ0) is 19.2. The van der Waals surface area contributed by atoms with Crippen LogP contribution in [0.2, 0.25) is 0 Å². The van der Waals surface area contributed by atoms with Crippen molar-refractivity contribution in [3.05, 3.63) is 64.2 Å². The highest BCUT2D eigenvalue weighted by Gasteiger charge is 2.17. The van der Waals surface area contributed by atoms with Gasteiger partial charge in [-0.2, -0.15) is 0 Å². The van der Waals surface area contributed by atoms with Gasteiger partial charge in [0.05, 0.1) is 23.8 Å². The molecule has 2 aromatic carbocycles. The predicted molar refractivity (Wildman–Crippen MR) is 96.8 cm³/mol. The number of methoxy groups -OCH3 is 1.